The van der Waals surface area contributed by atoms with E-state index in [-0.39, 0.29) is 0 Å². The Bertz CT molecular complexity index is 492. The van der Waals surface area contributed by atoms with Crippen molar-refractivity contribution in [3.8, 4) is 17.0 Å². The fourth-order valence-electron chi connectivity index (χ4n) is 1.44. The minimum Gasteiger partial charge on any atom is -0.497 e. The van der Waals surface area contributed by atoms with E-state index in [1.165, 1.54) is 0 Å². The lowest BCUT2D eigenvalue weighted by atomic mass is 10.1. The van der Waals surface area contributed by atoms with Gasteiger partial charge < -0.3 is 4.74 Å². The maximum Gasteiger partial charge on any atom is 0.118 e. The number of nitrogens with zero attached hydrogens (tertiary/aromatic N) is 2. The molecule has 1 heterocycles. The molecule has 16 heavy (non-hydrogen) atoms. The van der Waals surface area contributed by atoms with Crippen LogP contribution in [0.3, 0.4) is 0 Å². The van der Waals surface area contributed by atoms with Crippen LogP contribution in [0.25, 0.3) is 11.3 Å². The molecule has 0 saturated carbocycles. The molecule has 82 valence electrons. The van der Waals surface area contributed by atoms with Crippen molar-refractivity contribution in [2.75, 3.05) is 7.11 Å². The lowest BCUT2D eigenvalue weighted by Gasteiger charge is -2.04. The number of ether oxygens (including phenoxy) is 1. The molecule has 0 bridgehead atoms. The summed E-state index contributed by atoms with van der Waals surface area (Å²) in [6.07, 6.45) is 1.80. The smallest absolute Gasteiger partial charge is 0.118 e. The standard InChI is InChI=1S/C13H14N2O/c1-9-10(2)15-13(8-14-9)11-4-6-12(16-3)7-5-11/h4-8H,1-3H3. The van der Waals surface area contributed by atoms with Crippen LogP contribution < -0.4 is 4.74 Å². The third-order valence-electron chi connectivity index (χ3n) is 2.58. The maximum atomic E-state index is 5.11. The minimum atomic E-state index is 0.848. The van der Waals surface area contributed by atoms with Gasteiger partial charge in [-0.1, -0.05) is 0 Å². The maximum absolute atomic E-state index is 5.11. The molecule has 2 rings (SSSR count). The zero-order valence-electron chi connectivity index (χ0n) is 9.69. The monoisotopic (exact) mass is 214 g/mol. The molecule has 0 fully saturated rings. The number of methoxy groups -OCH3 is 1. The van der Waals surface area contributed by atoms with Gasteiger partial charge >= 0.3 is 0 Å². The van der Waals surface area contributed by atoms with Crippen LogP contribution in [0, 0.1) is 13.8 Å². The van der Waals surface area contributed by atoms with Gasteiger partial charge in [0, 0.05) is 5.56 Å². The van der Waals surface area contributed by atoms with Crippen molar-refractivity contribution >= 4 is 0 Å². The molecule has 3 nitrogen and oxygen atoms in total. The van der Waals surface area contributed by atoms with Gasteiger partial charge in [0.05, 0.1) is 30.4 Å². The van der Waals surface area contributed by atoms with Crippen LogP contribution in [0.1, 0.15) is 11.4 Å². The minimum absolute atomic E-state index is 0.848. The SMILES string of the molecule is COc1ccc(-c2cnc(C)c(C)n2)cc1. The van der Waals surface area contributed by atoms with E-state index in [0.717, 1.165) is 28.4 Å². The molecule has 0 amide bonds. The van der Waals surface area contributed by atoms with E-state index in [1.54, 1.807) is 13.3 Å². The van der Waals surface area contributed by atoms with Gasteiger partial charge in [-0.3, -0.25) is 4.98 Å². The summed E-state index contributed by atoms with van der Waals surface area (Å²) < 4.78 is 5.11. The summed E-state index contributed by atoms with van der Waals surface area (Å²) in [5.41, 5.74) is 3.88. The number of hydrogen-bond donors (Lipinski definition) is 0. The van der Waals surface area contributed by atoms with Crippen molar-refractivity contribution in [1.82, 2.24) is 9.97 Å². The largest absolute Gasteiger partial charge is 0.497 e. The van der Waals surface area contributed by atoms with Crippen molar-refractivity contribution < 1.29 is 4.74 Å². The Morgan fingerprint density at radius 2 is 1.69 bits per heavy atom. The van der Waals surface area contributed by atoms with Crippen molar-refractivity contribution in [3.05, 3.63) is 41.9 Å². The Labute approximate surface area is 95.1 Å². The van der Waals surface area contributed by atoms with Crippen LogP contribution in [0.2, 0.25) is 0 Å². The van der Waals surface area contributed by atoms with Crippen LogP contribution in [0.4, 0.5) is 0 Å². The van der Waals surface area contributed by atoms with Crippen molar-refractivity contribution in [3.63, 3.8) is 0 Å². The number of benzene rings is 1. The topological polar surface area (TPSA) is 35.0 Å². The summed E-state index contributed by atoms with van der Waals surface area (Å²) in [7, 11) is 1.66. The van der Waals surface area contributed by atoms with Gasteiger partial charge in [-0.15, -0.1) is 0 Å². The average molecular weight is 214 g/mol. The van der Waals surface area contributed by atoms with Gasteiger partial charge in [-0.2, -0.15) is 0 Å². The van der Waals surface area contributed by atoms with E-state index in [9.17, 15) is 0 Å². The van der Waals surface area contributed by atoms with Gasteiger partial charge in [0.15, 0.2) is 0 Å². The average Bonchev–Trinajstić information content (AvgIpc) is 2.33. The summed E-state index contributed by atoms with van der Waals surface area (Å²) in [6, 6.07) is 7.81. The Kier molecular flexibility index (Phi) is 2.86. The van der Waals surface area contributed by atoms with E-state index < -0.39 is 0 Å². The van der Waals surface area contributed by atoms with Gasteiger partial charge in [-0.25, -0.2) is 4.98 Å². The Morgan fingerprint density at radius 3 is 2.25 bits per heavy atom. The Morgan fingerprint density at radius 1 is 1.00 bits per heavy atom. The molecule has 3 heteroatoms. The quantitative estimate of drug-likeness (QED) is 0.771. The molecule has 0 radical (unpaired) electrons. The van der Waals surface area contributed by atoms with Crippen molar-refractivity contribution in [2.24, 2.45) is 0 Å². The van der Waals surface area contributed by atoms with Crippen molar-refractivity contribution in [2.45, 2.75) is 13.8 Å². The first-order chi connectivity index (χ1) is 7.70. The first-order valence-electron chi connectivity index (χ1n) is 5.15. The number of aromatic nitrogens is 2. The molecule has 0 saturated heterocycles. The normalized spacial score (nSPS) is 10.2. The second kappa shape index (κ2) is 4.31. The van der Waals surface area contributed by atoms with Crippen LogP contribution in [-0.2, 0) is 0 Å². The summed E-state index contributed by atoms with van der Waals surface area (Å²) in [6.45, 7) is 3.93. The lowest BCUT2D eigenvalue weighted by Crippen LogP contribution is -1.93. The highest BCUT2D eigenvalue weighted by Crippen LogP contribution is 2.20. The molecule has 0 N–H and O–H groups in total. The molecule has 0 aliphatic rings. The highest BCUT2D eigenvalue weighted by atomic mass is 16.5. The van der Waals surface area contributed by atoms with Crippen LogP contribution in [0.15, 0.2) is 30.5 Å². The van der Waals surface area contributed by atoms with E-state index in [0.29, 0.717) is 0 Å². The fraction of sp³-hybridized carbons (Fsp3) is 0.231. The van der Waals surface area contributed by atoms with Gasteiger partial charge in [0.25, 0.3) is 0 Å². The Hall–Kier alpha value is -1.90. The predicted octanol–water partition coefficient (Wildman–Crippen LogP) is 2.77. The van der Waals surface area contributed by atoms with Crippen LogP contribution >= 0.6 is 0 Å². The number of aryl methyl sites for hydroxylation is 2. The zero-order valence-corrected chi connectivity index (χ0v) is 9.69. The highest BCUT2D eigenvalue weighted by molar-refractivity contribution is 5.59. The van der Waals surface area contributed by atoms with Gasteiger partial charge in [0.1, 0.15) is 5.75 Å². The van der Waals surface area contributed by atoms with E-state index in [2.05, 4.69) is 9.97 Å². The summed E-state index contributed by atoms with van der Waals surface area (Å²) >= 11 is 0. The molecule has 0 aliphatic carbocycles. The van der Waals surface area contributed by atoms with E-state index >= 15 is 0 Å². The first kappa shape index (κ1) is 10.6. The van der Waals surface area contributed by atoms with E-state index in [1.807, 2.05) is 38.1 Å². The molecule has 1 aromatic carbocycles. The number of hydrogen-bond acceptors (Lipinski definition) is 3. The molecule has 1 aromatic heterocycles. The summed E-state index contributed by atoms with van der Waals surface area (Å²) in [5.74, 6) is 0.848. The third-order valence-corrected chi connectivity index (χ3v) is 2.58. The number of rotatable bonds is 2. The second-order valence-electron chi connectivity index (χ2n) is 3.65. The van der Waals surface area contributed by atoms with E-state index in [4.69, 9.17) is 4.74 Å². The highest BCUT2D eigenvalue weighted by Gasteiger charge is 2.02. The molecular weight excluding hydrogens is 200 g/mol. The molecule has 0 aliphatic heterocycles. The Balaban J connectivity index is 2.38. The summed E-state index contributed by atoms with van der Waals surface area (Å²) in [5, 5.41) is 0. The third kappa shape index (κ3) is 2.03. The van der Waals surface area contributed by atoms with Crippen molar-refractivity contribution in [1.29, 1.82) is 0 Å². The predicted molar refractivity (Wildman–Crippen MR) is 63.5 cm³/mol. The molecule has 0 unspecified atom stereocenters. The van der Waals surface area contributed by atoms with Gasteiger partial charge in [0.2, 0.25) is 0 Å². The molecule has 2 aromatic rings. The van der Waals surface area contributed by atoms with Crippen LogP contribution in [0.5, 0.6) is 5.75 Å². The van der Waals surface area contributed by atoms with Gasteiger partial charge in [-0.05, 0) is 38.1 Å². The summed E-state index contributed by atoms with van der Waals surface area (Å²) in [4.78, 5) is 8.80. The van der Waals surface area contributed by atoms with Crippen LogP contribution in [-0.4, -0.2) is 17.1 Å². The molecule has 0 spiro atoms. The second-order valence-corrected chi connectivity index (χ2v) is 3.65. The molecule has 0 atom stereocenters. The lowest BCUT2D eigenvalue weighted by molar-refractivity contribution is 0.415. The fourth-order valence-corrected chi connectivity index (χ4v) is 1.44. The first-order valence-corrected chi connectivity index (χ1v) is 5.15. The molecular formula is C13H14N2O. The zero-order chi connectivity index (χ0) is 11.5.